The number of hydrogen-bond donors (Lipinski definition) is 2. The second-order valence-corrected chi connectivity index (χ2v) is 7.62. The quantitative estimate of drug-likeness (QED) is 0.454. The van der Waals surface area contributed by atoms with Crippen LogP contribution >= 0.6 is 0 Å². The van der Waals surface area contributed by atoms with Gasteiger partial charge in [-0.2, -0.15) is 0 Å². The van der Waals surface area contributed by atoms with Gasteiger partial charge < -0.3 is 20.1 Å². The van der Waals surface area contributed by atoms with Crippen molar-refractivity contribution in [3.05, 3.63) is 66.6 Å². The first kappa shape index (κ1) is 20.8. The fourth-order valence-corrected chi connectivity index (χ4v) is 3.40. The van der Waals surface area contributed by atoms with Crippen molar-refractivity contribution in [3.63, 3.8) is 0 Å². The third kappa shape index (κ3) is 4.99. The standard InChI is InChI=1S/C23H26N6O2/c1-16-22(29-13-5-4-6-21(29)25-16)20-11-12-24-23(27-20)26-17-7-9-19(10-8-17)31-15-18(30)14-28(2)3/h4-13,18,30H,14-15H2,1-3H3,(H,24,26,27)/t18-/m0/s1. The van der Waals surface area contributed by atoms with Crippen LogP contribution in [0.15, 0.2) is 60.9 Å². The van der Waals surface area contributed by atoms with Crippen LogP contribution in [0.2, 0.25) is 0 Å². The second kappa shape index (κ2) is 9.11. The largest absolute Gasteiger partial charge is 0.491 e. The highest BCUT2D eigenvalue weighted by molar-refractivity contribution is 5.65. The van der Waals surface area contributed by atoms with Crippen molar-refractivity contribution in [1.29, 1.82) is 0 Å². The fraction of sp³-hybridized carbons (Fsp3) is 0.261. The molecule has 0 aliphatic rings. The molecule has 0 fully saturated rings. The fourth-order valence-electron chi connectivity index (χ4n) is 3.40. The van der Waals surface area contributed by atoms with Crippen LogP contribution in [0.5, 0.6) is 5.75 Å². The summed E-state index contributed by atoms with van der Waals surface area (Å²) in [4.78, 5) is 15.5. The highest BCUT2D eigenvalue weighted by Gasteiger charge is 2.13. The Morgan fingerprint density at radius 2 is 1.90 bits per heavy atom. The molecule has 3 aromatic heterocycles. The van der Waals surface area contributed by atoms with E-state index in [1.54, 1.807) is 6.20 Å². The molecule has 0 radical (unpaired) electrons. The minimum Gasteiger partial charge on any atom is -0.491 e. The van der Waals surface area contributed by atoms with E-state index in [-0.39, 0.29) is 6.61 Å². The van der Waals surface area contributed by atoms with Gasteiger partial charge in [-0.25, -0.2) is 15.0 Å². The van der Waals surface area contributed by atoms with Gasteiger partial charge in [0.1, 0.15) is 24.1 Å². The van der Waals surface area contributed by atoms with Gasteiger partial charge in [-0.1, -0.05) is 6.07 Å². The van der Waals surface area contributed by atoms with Gasteiger partial charge in [0.25, 0.3) is 0 Å². The van der Waals surface area contributed by atoms with Crippen LogP contribution in [-0.4, -0.2) is 62.7 Å². The minimum absolute atomic E-state index is 0.245. The maximum atomic E-state index is 9.92. The van der Waals surface area contributed by atoms with E-state index < -0.39 is 6.10 Å². The average molecular weight is 419 g/mol. The molecule has 3 heterocycles. The van der Waals surface area contributed by atoms with Crippen molar-refractivity contribution in [1.82, 2.24) is 24.3 Å². The first-order valence-corrected chi connectivity index (χ1v) is 10.1. The van der Waals surface area contributed by atoms with Gasteiger partial charge in [-0.15, -0.1) is 0 Å². The number of rotatable bonds is 8. The number of anilines is 2. The lowest BCUT2D eigenvalue weighted by Crippen LogP contribution is -2.30. The lowest BCUT2D eigenvalue weighted by Gasteiger charge is -2.16. The third-order valence-electron chi connectivity index (χ3n) is 4.73. The molecule has 0 saturated heterocycles. The molecule has 8 heteroatoms. The highest BCUT2D eigenvalue weighted by atomic mass is 16.5. The van der Waals surface area contributed by atoms with Crippen molar-refractivity contribution in [2.24, 2.45) is 0 Å². The molecule has 4 rings (SSSR count). The molecule has 31 heavy (non-hydrogen) atoms. The number of hydrogen-bond acceptors (Lipinski definition) is 7. The number of benzene rings is 1. The molecule has 4 aromatic rings. The number of pyridine rings is 1. The monoisotopic (exact) mass is 418 g/mol. The zero-order valence-corrected chi connectivity index (χ0v) is 17.9. The van der Waals surface area contributed by atoms with Crippen molar-refractivity contribution >= 4 is 17.3 Å². The van der Waals surface area contributed by atoms with Crippen molar-refractivity contribution in [2.45, 2.75) is 13.0 Å². The zero-order valence-electron chi connectivity index (χ0n) is 17.9. The zero-order chi connectivity index (χ0) is 21.8. The summed E-state index contributed by atoms with van der Waals surface area (Å²) in [7, 11) is 3.83. The Labute approximate surface area is 181 Å². The molecular weight excluding hydrogens is 392 g/mol. The molecule has 0 aliphatic carbocycles. The average Bonchev–Trinajstić information content (AvgIpc) is 3.08. The third-order valence-corrected chi connectivity index (χ3v) is 4.73. The number of fused-ring (bicyclic) bond motifs is 1. The molecule has 0 spiro atoms. The topological polar surface area (TPSA) is 87.8 Å². The number of aliphatic hydroxyl groups excluding tert-OH is 1. The van der Waals surface area contributed by atoms with Gasteiger partial charge in [0.15, 0.2) is 0 Å². The molecule has 1 atom stereocenters. The van der Waals surface area contributed by atoms with Crippen molar-refractivity contribution < 1.29 is 9.84 Å². The Kier molecular flexibility index (Phi) is 6.11. The summed E-state index contributed by atoms with van der Waals surface area (Å²) in [6.07, 6.45) is 3.18. The van der Waals surface area contributed by atoms with Gasteiger partial charge in [0.2, 0.25) is 5.95 Å². The smallest absolute Gasteiger partial charge is 0.227 e. The maximum Gasteiger partial charge on any atom is 0.227 e. The summed E-state index contributed by atoms with van der Waals surface area (Å²) in [6, 6.07) is 15.3. The predicted octanol–water partition coefficient (Wildman–Crippen LogP) is 3.14. The van der Waals surface area contributed by atoms with Gasteiger partial charge in [-0.05, 0) is 63.5 Å². The van der Waals surface area contributed by atoms with E-state index in [0.29, 0.717) is 18.2 Å². The van der Waals surface area contributed by atoms with Crippen LogP contribution in [-0.2, 0) is 0 Å². The van der Waals surface area contributed by atoms with Gasteiger partial charge in [-0.3, -0.25) is 4.40 Å². The number of ether oxygens (including phenoxy) is 1. The second-order valence-electron chi connectivity index (χ2n) is 7.62. The number of aliphatic hydroxyl groups is 1. The predicted molar refractivity (Wildman–Crippen MR) is 121 cm³/mol. The number of nitrogens with zero attached hydrogens (tertiary/aromatic N) is 5. The molecule has 8 nitrogen and oxygen atoms in total. The number of aryl methyl sites for hydroxylation is 1. The Bertz CT molecular complexity index is 1160. The first-order chi connectivity index (χ1) is 15.0. The Morgan fingerprint density at radius 3 is 2.68 bits per heavy atom. The molecule has 0 aliphatic heterocycles. The van der Waals surface area contributed by atoms with Crippen LogP contribution in [0.25, 0.3) is 17.0 Å². The lowest BCUT2D eigenvalue weighted by molar-refractivity contribution is 0.0831. The summed E-state index contributed by atoms with van der Waals surface area (Å²) in [5.74, 6) is 1.19. The molecule has 0 unspecified atom stereocenters. The Hall–Kier alpha value is -3.49. The van der Waals surface area contributed by atoms with Crippen LogP contribution in [0.1, 0.15) is 5.69 Å². The Balaban J connectivity index is 1.46. The first-order valence-electron chi connectivity index (χ1n) is 10.1. The summed E-state index contributed by atoms with van der Waals surface area (Å²) in [5.41, 5.74) is 4.38. The molecular formula is C23H26N6O2. The van der Waals surface area contributed by atoms with Gasteiger partial charge in [0, 0.05) is 24.6 Å². The SMILES string of the molecule is Cc1nc2ccccn2c1-c1ccnc(Nc2ccc(OC[C@@H](O)CN(C)C)cc2)n1. The number of imidazole rings is 1. The van der Waals surface area contributed by atoms with E-state index in [1.165, 1.54) is 0 Å². The maximum absolute atomic E-state index is 9.92. The van der Waals surface area contributed by atoms with E-state index in [4.69, 9.17) is 4.74 Å². The number of nitrogens with one attached hydrogen (secondary N) is 1. The van der Waals surface area contributed by atoms with E-state index in [1.807, 2.05) is 85.0 Å². The lowest BCUT2D eigenvalue weighted by atomic mass is 10.2. The van der Waals surface area contributed by atoms with E-state index in [0.717, 1.165) is 28.4 Å². The highest BCUT2D eigenvalue weighted by Crippen LogP contribution is 2.25. The number of likely N-dealkylation sites (N-methyl/N-ethyl adjacent to an activating group) is 1. The van der Waals surface area contributed by atoms with E-state index in [2.05, 4.69) is 20.3 Å². The van der Waals surface area contributed by atoms with Crippen LogP contribution in [0.3, 0.4) is 0 Å². The van der Waals surface area contributed by atoms with E-state index in [9.17, 15) is 5.11 Å². The number of aromatic nitrogens is 4. The molecule has 1 aromatic carbocycles. The summed E-state index contributed by atoms with van der Waals surface area (Å²) in [5, 5.41) is 13.1. The van der Waals surface area contributed by atoms with Gasteiger partial charge >= 0.3 is 0 Å². The summed E-state index contributed by atoms with van der Waals surface area (Å²) < 4.78 is 7.68. The molecule has 0 saturated carbocycles. The van der Waals surface area contributed by atoms with Gasteiger partial charge in [0.05, 0.1) is 17.1 Å². The summed E-state index contributed by atoms with van der Waals surface area (Å²) >= 11 is 0. The van der Waals surface area contributed by atoms with Crippen LogP contribution in [0.4, 0.5) is 11.6 Å². The molecule has 160 valence electrons. The molecule has 0 bridgehead atoms. The van der Waals surface area contributed by atoms with Crippen LogP contribution in [0, 0.1) is 6.92 Å². The molecule has 2 N–H and O–H groups in total. The van der Waals surface area contributed by atoms with Crippen molar-refractivity contribution in [3.8, 4) is 17.1 Å². The van der Waals surface area contributed by atoms with Crippen LogP contribution < -0.4 is 10.1 Å². The minimum atomic E-state index is -0.535. The van der Waals surface area contributed by atoms with Crippen molar-refractivity contribution in [2.75, 3.05) is 32.6 Å². The molecule has 0 amide bonds. The summed E-state index contributed by atoms with van der Waals surface area (Å²) in [6.45, 7) is 2.78. The Morgan fingerprint density at radius 1 is 1.10 bits per heavy atom. The normalized spacial score (nSPS) is 12.3. The van der Waals surface area contributed by atoms with E-state index >= 15 is 0 Å².